The number of hydrogen-bond acceptors (Lipinski definition) is 7. The highest BCUT2D eigenvalue weighted by molar-refractivity contribution is 8.14. The molecular weight excluding hydrogens is 231 g/mol. The Morgan fingerprint density at radius 1 is 1.54 bits per heavy atom. The van der Waals surface area contributed by atoms with Crippen LogP contribution in [0.25, 0.3) is 0 Å². The van der Waals surface area contributed by atoms with Gasteiger partial charge in [-0.25, -0.2) is 0 Å². The molecule has 0 unspecified atom stereocenters. The summed E-state index contributed by atoms with van der Waals surface area (Å²) in [6.07, 6.45) is 1.70. The van der Waals surface area contributed by atoms with E-state index in [9.17, 15) is 0 Å². The average molecular weight is 240 g/mol. The molecule has 0 aromatic rings. The number of thioether (sulfide) groups is 1. The van der Waals surface area contributed by atoms with Gasteiger partial charge in [-0.15, -0.1) is 0 Å². The lowest BCUT2D eigenvalue weighted by atomic mass is 10.8. The van der Waals surface area contributed by atoms with Crippen LogP contribution in [0.15, 0.2) is 5.16 Å². The first-order valence-corrected chi connectivity index (χ1v) is 6.82. The normalized spacial score (nSPS) is 12.3. The zero-order valence-electron chi connectivity index (χ0n) is 7.38. The minimum Gasteiger partial charge on any atom is -0.312 e. The third kappa shape index (κ3) is 4.60. The Labute approximate surface area is 86.3 Å². The van der Waals surface area contributed by atoms with Gasteiger partial charge in [0.05, 0.1) is 0 Å². The molecule has 74 valence electrons. The molecule has 0 radical (unpaired) electrons. The van der Waals surface area contributed by atoms with Crippen LogP contribution in [-0.2, 0) is 25.5 Å². The van der Waals surface area contributed by atoms with Gasteiger partial charge in [0, 0.05) is 26.0 Å². The Morgan fingerprint density at radius 3 is 2.38 bits per heavy atom. The smallest absolute Gasteiger partial charge is 0.312 e. The first-order chi connectivity index (χ1) is 6.11. The van der Waals surface area contributed by atoms with Gasteiger partial charge in [0.1, 0.15) is 6.07 Å². The highest BCUT2D eigenvalue weighted by Crippen LogP contribution is 2.48. The van der Waals surface area contributed by atoms with Crippen LogP contribution in [0, 0.1) is 11.3 Å². The summed E-state index contributed by atoms with van der Waals surface area (Å²) in [4.78, 5) is 0. The van der Waals surface area contributed by atoms with E-state index in [1.807, 2.05) is 6.07 Å². The molecule has 0 saturated heterocycles. The van der Waals surface area contributed by atoms with Crippen LogP contribution >= 0.6 is 18.5 Å². The van der Waals surface area contributed by atoms with Gasteiger partial charge in [0.2, 0.25) is 5.04 Å². The van der Waals surface area contributed by atoms with Gasteiger partial charge in [-0.2, -0.15) is 5.26 Å². The van der Waals surface area contributed by atoms with Crippen molar-refractivity contribution in [2.24, 2.45) is 5.16 Å². The first-order valence-electron chi connectivity index (χ1n) is 3.04. The van der Waals surface area contributed by atoms with Gasteiger partial charge in [-0.05, 0) is 6.26 Å². The second-order valence-electron chi connectivity index (χ2n) is 1.61. The lowest BCUT2D eigenvalue weighted by Gasteiger charge is -2.12. The Morgan fingerprint density at radius 2 is 2.08 bits per heavy atom. The van der Waals surface area contributed by atoms with E-state index in [4.69, 9.17) is 30.7 Å². The molecule has 0 amide bonds. The molecule has 0 saturated carbocycles. The highest BCUT2D eigenvalue weighted by atomic mass is 32.5. The molecule has 0 bridgehead atoms. The molecule has 0 aliphatic rings. The molecule has 0 atom stereocenters. The summed E-state index contributed by atoms with van der Waals surface area (Å²) in [5, 5.41) is 12.1. The molecule has 0 fully saturated rings. The van der Waals surface area contributed by atoms with Crippen molar-refractivity contribution in [3.8, 4) is 6.07 Å². The maximum absolute atomic E-state index is 8.48. The Hall–Kier alpha value is -0.120. The van der Waals surface area contributed by atoms with E-state index in [1.54, 1.807) is 6.26 Å². The molecule has 0 N–H and O–H groups in total. The first kappa shape index (κ1) is 12.9. The maximum atomic E-state index is 8.48. The SMILES string of the molecule is COP(=S)(OC)ON=C(C#N)SC. The highest BCUT2D eigenvalue weighted by Gasteiger charge is 2.17. The van der Waals surface area contributed by atoms with Crippen molar-refractivity contribution < 1.29 is 13.7 Å². The van der Waals surface area contributed by atoms with E-state index < -0.39 is 6.72 Å². The molecule has 0 spiro atoms. The molecule has 5 nitrogen and oxygen atoms in total. The van der Waals surface area contributed by atoms with Crippen molar-refractivity contribution in [3.63, 3.8) is 0 Å². The number of hydrogen-bond donors (Lipinski definition) is 0. The summed E-state index contributed by atoms with van der Waals surface area (Å²) in [6.45, 7) is -2.78. The summed E-state index contributed by atoms with van der Waals surface area (Å²) in [5.74, 6) is 0. The van der Waals surface area contributed by atoms with Crippen molar-refractivity contribution in [3.05, 3.63) is 0 Å². The Kier molecular flexibility index (Phi) is 6.29. The standard InChI is InChI=1S/C5H9N2O3PS2/c1-8-11(12,9-2)10-7-5(4-6)13-3/h1-3H3. The zero-order chi connectivity index (χ0) is 10.3. The van der Waals surface area contributed by atoms with Gasteiger partial charge in [0.15, 0.2) is 0 Å². The second-order valence-corrected chi connectivity index (χ2v) is 5.53. The maximum Gasteiger partial charge on any atom is 0.401 e. The van der Waals surface area contributed by atoms with Gasteiger partial charge < -0.3 is 13.7 Å². The fourth-order valence-electron chi connectivity index (χ4n) is 0.332. The lowest BCUT2D eigenvalue weighted by Crippen LogP contribution is -1.92. The van der Waals surface area contributed by atoms with E-state index >= 15 is 0 Å². The van der Waals surface area contributed by atoms with Crippen LogP contribution in [0.5, 0.6) is 0 Å². The van der Waals surface area contributed by atoms with Crippen LogP contribution in [0.3, 0.4) is 0 Å². The number of nitrogens with zero attached hydrogens (tertiary/aromatic N) is 2. The van der Waals surface area contributed by atoms with Crippen LogP contribution in [0.4, 0.5) is 0 Å². The Balaban J connectivity index is 4.37. The van der Waals surface area contributed by atoms with Crippen molar-refractivity contribution >= 4 is 35.3 Å². The van der Waals surface area contributed by atoms with Crippen molar-refractivity contribution in [2.45, 2.75) is 0 Å². The molecular formula is C5H9N2O3PS2. The van der Waals surface area contributed by atoms with Gasteiger partial charge in [-0.1, -0.05) is 16.9 Å². The molecule has 0 aromatic heterocycles. The fraction of sp³-hybridized carbons (Fsp3) is 0.600. The van der Waals surface area contributed by atoms with Gasteiger partial charge in [0.25, 0.3) is 0 Å². The largest absolute Gasteiger partial charge is 0.401 e. The van der Waals surface area contributed by atoms with Crippen molar-refractivity contribution in [2.75, 3.05) is 20.5 Å². The van der Waals surface area contributed by atoms with Crippen LogP contribution in [0.2, 0.25) is 0 Å². The number of nitriles is 1. The number of rotatable bonds is 4. The summed E-state index contributed by atoms with van der Waals surface area (Å²) in [7, 11) is 2.73. The van der Waals surface area contributed by atoms with Crippen LogP contribution in [0.1, 0.15) is 0 Å². The second kappa shape index (κ2) is 6.35. The minimum absolute atomic E-state index is 0.170. The summed E-state index contributed by atoms with van der Waals surface area (Å²) < 4.78 is 14.4. The minimum atomic E-state index is -2.78. The monoisotopic (exact) mass is 240 g/mol. The molecule has 13 heavy (non-hydrogen) atoms. The van der Waals surface area contributed by atoms with Gasteiger partial charge >= 0.3 is 6.72 Å². The van der Waals surface area contributed by atoms with E-state index in [2.05, 4.69) is 5.16 Å². The topological polar surface area (TPSA) is 63.8 Å². The van der Waals surface area contributed by atoms with Crippen molar-refractivity contribution in [1.82, 2.24) is 0 Å². The lowest BCUT2D eigenvalue weighted by molar-refractivity contribution is 0.210. The third-order valence-corrected chi connectivity index (χ3v) is 3.78. The van der Waals surface area contributed by atoms with E-state index in [-0.39, 0.29) is 5.04 Å². The zero-order valence-corrected chi connectivity index (χ0v) is 9.91. The average Bonchev–Trinajstić information content (AvgIpc) is 2.19. The summed E-state index contributed by atoms with van der Waals surface area (Å²) >= 11 is 5.99. The van der Waals surface area contributed by atoms with Crippen LogP contribution < -0.4 is 0 Å². The fourth-order valence-corrected chi connectivity index (χ4v) is 1.15. The van der Waals surface area contributed by atoms with E-state index in [0.717, 1.165) is 11.8 Å². The van der Waals surface area contributed by atoms with E-state index in [0.29, 0.717) is 0 Å². The summed E-state index contributed by atoms with van der Waals surface area (Å²) in [5.41, 5.74) is 0. The predicted octanol–water partition coefficient (Wildman–Crippen LogP) is 1.72. The predicted molar refractivity (Wildman–Crippen MR) is 56.0 cm³/mol. The molecule has 0 aliphatic carbocycles. The molecule has 0 aromatic carbocycles. The number of oxime groups is 1. The molecule has 8 heteroatoms. The molecule has 0 heterocycles. The van der Waals surface area contributed by atoms with E-state index in [1.165, 1.54) is 14.2 Å². The van der Waals surface area contributed by atoms with Crippen LogP contribution in [-0.4, -0.2) is 25.5 Å². The quantitative estimate of drug-likeness (QED) is 0.322. The summed E-state index contributed by atoms with van der Waals surface area (Å²) in [6, 6.07) is 1.82. The third-order valence-electron chi connectivity index (χ3n) is 0.960. The van der Waals surface area contributed by atoms with Crippen molar-refractivity contribution in [1.29, 1.82) is 5.26 Å². The Bertz CT molecular complexity index is 267. The van der Waals surface area contributed by atoms with Gasteiger partial charge in [-0.3, -0.25) is 0 Å². The molecule has 0 rings (SSSR count). The molecule has 0 aliphatic heterocycles.